The van der Waals surface area contributed by atoms with E-state index in [9.17, 15) is 13.2 Å². The van der Waals surface area contributed by atoms with E-state index in [1.807, 2.05) is 19.9 Å². The molecule has 1 aliphatic heterocycles. The normalized spacial score (nSPS) is 14.7. The van der Waals surface area contributed by atoms with Crippen LogP contribution in [0.15, 0.2) is 38.4 Å². The van der Waals surface area contributed by atoms with Crippen molar-refractivity contribution >= 4 is 33.0 Å². The van der Waals surface area contributed by atoms with Gasteiger partial charge in [-0.1, -0.05) is 11.2 Å². The fourth-order valence-corrected chi connectivity index (χ4v) is 5.34. The second-order valence-corrected chi connectivity index (χ2v) is 9.78. The van der Waals surface area contributed by atoms with Crippen molar-refractivity contribution in [3.63, 3.8) is 0 Å². The van der Waals surface area contributed by atoms with Crippen LogP contribution in [-0.4, -0.2) is 55.7 Å². The molecule has 3 heterocycles. The van der Waals surface area contributed by atoms with E-state index in [0.717, 1.165) is 22.5 Å². The Morgan fingerprint density at radius 2 is 1.83 bits per heavy atom. The van der Waals surface area contributed by atoms with Gasteiger partial charge >= 0.3 is 11.8 Å². The lowest BCUT2D eigenvalue weighted by Crippen LogP contribution is -2.40. The van der Waals surface area contributed by atoms with Crippen LogP contribution in [0.2, 0.25) is 0 Å². The minimum Gasteiger partial charge on any atom is -0.378 e. The second kappa shape index (κ2) is 8.17. The molecule has 11 heteroatoms. The van der Waals surface area contributed by atoms with Crippen molar-refractivity contribution < 1.29 is 22.5 Å². The number of sulfonamides is 1. The van der Waals surface area contributed by atoms with Gasteiger partial charge in [0.15, 0.2) is 0 Å². The zero-order valence-corrected chi connectivity index (χ0v) is 18.0. The molecule has 158 valence electrons. The predicted octanol–water partition coefficient (Wildman–Crippen LogP) is 2.69. The number of morpholine rings is 1. The van der Waals surface area contributed by atoms with Crippen LogP contribution in [0, 0.1) is 13.8 Å². The second-order valence-electron chi connectivity index (χ2n) is 6.96. The monoisotopic (exact) mass is 448 g/mol. The highest BCUT2D eigenvalue weighted by Crippen LogP contribution is 2.29. The van der Waals surface area contributed by atoms with Crippen molar-refractivity contribution in [2.75, 3.05) is 31.0 Å². The summed E-state index contributed by atoms with van der Waals surface area (Å²) in [5, 5.41) is 5.45. The summed E-state index contributed by atoms with van der Waals surface area (Å²) >= 11 is 1.04. The number of thiophene rings is 1. The number of aryl methyl sites for hydroxylation is 2. The van der Waals surface area contributed by atoms with E-state index in [4.69, 9.17) is 9.26 Å². The number of anilines is 1. The average molecular weight is 449 g/mol. The topological polar surface area (TPSA) is 115 Å². The first-order valence-electron chi connectivity index (χ1n) is 9.22. The highest BCUT2D eigenvalue weighted by Gasteiger charge is 2.25. The average Bonchev–Trinajstić information content (AvgIpc) is 3.37. The Morgan fingerprint density at radius 1 is 1.13 bits per heavy atom. The Bertz CT molecular complexity index is 1160. The molecule has 1 aliphatic rings. The van der Waals surface area contributed by atoms with E-state index in [1.165, 1.54) is 6.07 Å². The number of rotatable bonds is 5. The number of amides is 1. The van der Waals surface area contributed by atoms with E-state index < -0.39 is 10.0 Å². The fraction of sp³-hybridized carbons (Fsp3) is 0.316. The number of carbonyl (C=O) groups is 1. The molecule has 0 spiro atoms. The van der Waals surface area contributed by atoms with E-state index in [1.54, 1.807) is 22.4 Å². The molecule has 3 aromatic rings. The number of benzene rings is 1. The number of hydrogen-bond donors (Lipinski definition) is 1. The van der Waals surface area contributed by atoms with Crippen molar-refractivity contribution in [3.8, 4) is 11.4 Å². The van der Waals surface area contributed by atoms with Gasteiger partial charge in [0.2, 0.25) is 5.82 Å². The minimum atomic E-state index is -3.77. The van der Waals surface area contributed by atoms with Crippen molar-refractivity contribution in [2.24, 2.45) is 0 Å². The van der Waals surface area contributed by atoms with Gasteiger partial charge in [-0.2, -0.15) is 4.98 Å². The van der Waals surface area contributed by atoms with Crippen molar-refractivity contribution in [3.05, 3.63) is 46.7 Å². The predicted molar refractivity (Wildman–Crippen MR) is 111 cm³/mol. The molecule has 1 N–H and O–H groups in total. The summed E-state index contributed by atoms with van der Waals surface area (Å²) in [5.41, 5.74) is 2.89. The van der Waals surface area contributed by atoms with E-state index in [-0.39, 0.29) is 21.8 Å². The van der Waals surface area contributed by atoms with Crippen molar-refractivity contribution in [1.29, 1.82) is 0 Å². The Morgan fingerprint density at radius 3 is 2.53 bits per heavy atom. The number of nitrogens with one attached hydrogen (secondary N) is 1. The molecule has 0 unspecified atom stereocenters. The molecule has 9 nitrogen and oxygen atoms in total. The SMILES string of the molecule is Cc1cc(C)cc(NS(=O)(=O)c2cc(-c3noc(C(=O)N4CCOCC4)n3)cs2)c1. The molecule has 2 aromatic heterocycles. The van der Waals surface area contributed by atoms with Crippen LogP contribution in [0.25, 0.3) is 11.4 Å². The van der Waals surface area contributed by atoms with Crippen LogP contribution in [0.5, 0.6) is 0 Å². The maximum atomic E-state index is 12.8. The Balaban J connectivity index is 1.52. The van der Waals surface area contributed by atoms with Crippen molar-refractivity contribution in [2.45, 2.75) is 18.1 Å². The Kier molecular flexibility index (Phi) is 5.58. The van der Waals surface area contributed by atoms with Crippen LogP contribution in [0.3, 0.4) is 0 Å². The van der Waals surface area contributed by atoms with Gasteiger partial charge < -0.3 is 14.2 Å². The first kappa shape index (κ1) is 20.5. The largest absolute Gasteiger partial charge is 0.378 e. The van der Waals surface area contributed by atoms with E-state index in [0.29, 0.717) is 37.6 Å². The van der Waals surface area contributed by atoms with Gasteiger partial charge in [-0.3, -0.25) is 9.52 Å². The fourth-order valence-electron chi connectivity index (χ4n) is 3.14. The summed E-state index contributed by atoms with van der Waals surface area (Å²) in [5.74, 6) is -0.330. The molecule has 0 radical (unpaired) electrons. The summed E-state index contributed by atoms with van der Waals surface area (Å²) in [6.07, 6.45) is 0. The third kappa shape index (κ3) is 4.37. The quantitative estimate of drug-likeness (QED) is 0.638. The Labute approximate surface area is 177 Å². The van der Waals surface area contributed by atoms with Gasteiger partial charge in [-0.05, 0) is 43.2 Å². The standard InChI is InChI=1S/C19H20N4O5S2/c1-12-7-13(2)9-15(8-12)22-30(25,26)16-10-14(11-29-16)17-20-18(28-21-17)19(24)23-3-5-27-6-4-23/h7-11,22H,3-6H2,1-2H3. The number of nitrogens with zero attached hydrogens (tertiary/aromatic N) is 3. The number of carbonyl (C=O) groups excluding carboxylic acids is 1. The van der Waals surface area contributed by atoms with E-state index in [2.05, 4.69) is 14.9 Å². The smallest absolute Gasteiger partial charge is 0.316 e. The van der Waals surface area contributed by atoms with Gasteiger partial charge in [0, 0.05) is 29.7 Å². The first-order valence-corrected chi connectivity index (χ1v) is 11.6. The maximum Gasteiger partial charge on any atom is 0.316 e. The Hall–Kier alpha value is -2.76. The first-order chi connectivity index (χ1) is 14.3. The third-order valence-electron chi connectivity index (χ3n) is 4.48. The molecule has 1 saturated heterocycles. The summed E-state index contributed by atoms with van der Waals surface area (Å²) in [6, 6.07) is 6.96. The third-order valence-corrected chi connectivity index (χ3v) is 7.30. The van der Waals surface area contributed by atoms with Crippen LogP contribution < -0.4 is 4.72 Å². The van der Waals surface area contributed by atoms with Gasteiger partial charge in [0.05, 0.1) is 13.2 Å². The van der Waals surface area contributed by atoms with E-state index >= 15 is 0 Å². The van der Waals surface area contributed by atoms with Crippen LogP contribution in [0.4, 0.5) is 5.69 Å². The molecule has 30 heavy (non-hydrogen) atoms. The lowest BCUT2D eigenvalue weighted by molar-refractivity contribution is 0.0272. The van der Waals surface area contributed by atoms with Gasteiger partial charge in [-0.25, -0.2) is 8.42 Å². The summed E-state index contributed by atoms with van der Waals surface area (Å²) in [4.78, 5) is 18.2. The zero-order valence-electron chi connectivity index (χ0n) is 16.4. The molecular formula is C19H20N4O5S2. The molecule has 0 atom stereocenters. The highest BCUT2D eigenvalue weighted by molar-refractivity contribution is 7.94. The number of aromatic nitrogens is 2. The van der Waals surface area contributed by atoms with Crippen molar-refractivity contribution in [1.82, 2.24) is 15.0 Å². The highest BCUT2D eigenvalue weighted by atomic mass is 32.2. The molecule has 1 amide bonds. The summed E-state index contributed by atoms with van der Waals surface area (Å²) in [6.45, 7) is 5.65. The maximum absolute atomic E-state index is 12.8. The van der Waals surface area contributed by atoms with Gasteiger partial charge in [0.25, 0.3) is 10.0 Å². The lowest BCUT2D eigenvalue weighted by Gasteiger charge is -2.25. The minimum absolute atomic E-state index is 0.113. The number of ether oxygens (including phenoxy) is 1. The molecule has 0 bridgehead atoms. The van der Waals surface area contributed by atoms with Crippen LogP contribution in [0.1, 0.15) is 21.8 Å². The summed E-state index contributed by atoms with van der Waals surface area (Å²) in [7, 11) is -3.77. The zero-order chi connectivity index (χ0) is 21.3. The van der Waals surface area contributed by atoms with Crippen LogP contribution >= 0.6 is 11.3 Å². The molecule has 0 saturated carbocycles. The van der Waals surface area contributed by atoms with Gasteiger partial charge in [-0.15, -0.1) is 11.3 Å². The number of hydrogen-bond acceptors (Lipinski definition) is 8. The summed E-state index contributed by atoms with van der Waals surface area (Å²) < 4.78 is 38.5. The molecule has 0 aliphatic carbocycles. The molecular weight excluding hydrogens is 428 g/mol. The molecule has 4 rings (SSSR count). The van der Waals surface area contributed by atoms with Crippen LogP contribution in [-0.2, 0) is 14.8 Å². The lowest BCUT2D eigenvalue weighted by atomic mass is 10.1. The van der Waals surface area contributed by atoms with Gasteiger partial charge in [0.1, 0.15) is 4.21 Å². The molecule has 1 aromatic carbocycles. The molecule has 1 fully saturated rings.